The minimum atomic E-state index is 0.186. The summed E-state index contributed by atoms with van der Waals surface area (Å²) in [6, 6.07) is 8.50. The van der Waals surface area contributed by atoms with Crippen LogP contribution in [0.15, 0.2) is 41.1 Å². The molecule has 96 valence electrons. The molecule has 4 heteroatoms. The zero-order valence-electron chi connectivity index (χ0n) is 10.7. The summed E-state index contributed by atoms with van der Waals surface area (Å²) in [5.41, 5.74) is 2.45. The predicted octanol–water partition coefficient (Wildman–Crippen LogP) is 3.36. The minimum absolute atomic E-state index is 0.186. The fraction of sp³-hybridized carbons (Fsp3) is 0.357. The minimum Gasteiger partial charge on any atom is -0.306 e. The van der Waals surface area contributed by atoms with Crippen molar-refractivity contribution in [1.29, 1.82) is 0 Å². The van der Waals surface area contributed by atoms with Crippen molar-refractivity contribution >= 4 is 15.9 Å². The van der Waals surface area contributed by atoms with E-state index in [0.29, 0.717) is 0 Å². The van der Waals surface area contributed by atoms with Crippen LogP contribution in [0.5, 0.6) is 0 Å². The summed E-state index contributed by atoms with van der Waals surface area (Å²) in [5, 5.41) is 7.86. The number of halogens is 1. The molecule has 0 aliphatic heterocycles. The summed E-state index contributed by atoms with van der Waals surface area (Å²) in [6.45, 7) is 6.03. The third-order valence-corrected chi connectivity index (χ3v) is 3.66. The standard InChI is InChI=1S/C14H18BrN3/c1-3-16-14(11-9-17-18(4-2)10-11)12-7-5-6-8-13(12)15/h5-10,14,16H,3-4H2,1-2H3. The Morgan fingerprint density at radius 3 is 2.72 bits per heavy atom. The van der Waals surface area contributed by atoms with E-state index in [2.05, 4.69) is 64.6 Å². The van der Waals surface area contributed by atoms with E-state index in [1.54, 1.807) is 0 Å². The van der Waals surface area contributed by atoms with Crippen molar-refractivity contribution in [3.8, 4) is 0 Å². The number of aromatic nitrogens is 2. The van der Waals surface area contributed by atoms with Gasteiger partial charge in [0.1, 0.15) is 0 Å². The quantitative estimate of drug-likeness (QED) is 0.918. The largest absolute Gasteiger partial charge is 0.306 e. The summed E-state index contributed by atoms with van der Waals surface area (Å²) in [6.07, 6.45) is 4.04. The Morgan fingerprint density at radius 1 is 1.33 bits per heavy atom. The first kappa shape index (κ1) is 13.3. The molecule has 1 N–H and O–H groups in total. The molecule has 1 unspecified atom stereocenters. The lowest BCUT2D eigenvalue weighted by Crippen LogP contribution is -2.22. The van der Waals surface area contributed by atoms with E-state index in [1.165, 1.54) is 11.1 Å². The number of hydrogen-bond donors (Lipinski definition) is 1. The number of nitrogens with one attached hydrogen (secondary N) is 1. The number of hydrogen-bond acceptors (Lipinski definition) is 2. The lowest BCUT2D eigenvalue weighted by atomic mass is 10.0. The second-order valence-electron chi connectivity index (χ2n) is 4.14. The summed E-state index contributed by atoms with van der Waals surface area (Å²) in [5.74, 6) is 0. The molecule has 0 saturated carbocycles. The van der Waals surface area contributed by atoms with Crippen LogP contribution in [0.25, 0.3) is 0 Å². The Labute approximate surface area is 116 Å². The lowest BCUT2D eigenvalue weighted by molar-refractivity contribution is 0.623. The van der Waals surface area contributed by atoms with Gasteiger partial charge in [-0.2, -0.15) is 5.10 Å². The fourth-order valence-corrected chi connectivity index (χ4v) is 2.54. The topological polar surface area (TPSA) is 29.9 Å². The van der Waals surface area contributed by atoms with Gasteiger partial charge in [0.2, 0.25) is 0 Å². The Balaban J connectivity index is 2.36. The number of aryl methyl sites for hydroxylation is 1. The predicted molar refractivity (Wildman–Crippen MR) is 77.6 cm³/mol. The third kappa shape index (κ3) is 2.82. The van der Waals surface area contributed by atoms with Crippen molar-refractivity contribution in [2.24, 2.45) is 0 Å². The van der Waals surface area contributed by atoms with E-state index in [-0.39, 0.29) is 6.04 Å². The Morgan fingerprint density at radius 2 is 2.11 bits per heavy atom. The smallest absolute Gasteiger partial charge is 0.0618 e. The molecule has 0 fully saturated rings. The number of nitrogens with zero attached hydrogens (tertiary/aromatic N) is 2. The molecule has 0 aliphatic carbocycles. The zero-order chi connectivity index (χ0) is 13.0. The van der Waals surface area contributed by atoms with Gasteiger partial charge in [0.25, 0.3) is 0 Å². The summed E-state index contributed by atoms with van der Waals surface area (Å²) < 4.78 is 3.08. The van der Waals surface area contributed by atoms with Crippen LogP contribution in [0.2, 0.25) is 0 Å². The molecule has 3 nitrogen and oxygen atoms in total. The van der Waals surface area contributed by atoms with Gasteiger partial charge in [0.05, 0.1) is 12.2 Å². The molecular formula is C14H18BrN3. The molecule has 1 atom stereocenters. The first-order valence-corrected chi connectivity index (χ1v) is 7.05. The Kier molecular flexibility index (Phi) is 4.55. The fourth-order valence-electron chi connectivity index (χ4n) is 2.02. The van der Waals surface area contributed by atoms with Crippen LogP contribution in [0.3, 0.4) is 0 Å². The summed E-state index contributed by atoms with van der Waals surface area (Å²) in [4.78, 5) is 0. The van der Waals surface area contributed by atoms with Crippen LogP contribution in [-0.4, -0.2) is 16.3 Å². The van der Waals surface area contributed by atoms with Crippen molar-refractivity contribution in [2.75, 3.05) is 6.54 Å². The van der Waals surface area contributed by atoms with E-state index in [1.807, 2.05) is 16.9 Å². The van der Waals surface area contributed by atoms with Crippen molar-refractivity contribution < 1.29 is 0 Å². The van der Waals surface area contributed by atoms with E-state index >= 15 is 0 Å². The Bertz CT molecular complexity index is 507. The second kappa shape index (κ2) is 6.16. The molecule has 0 spiro atoms. The van der Waals surface area contributed by atoms with E-state index < -0.39 is 0 Å². The highest BCUT2D eigenvalue weighted by atomic mass is 79.9. The van der Waals surface area contributed by atoms with Crippen molar-refractivity contribution in [2.45, 2.75) is 26.4 Å². The van der Waals surface area contributed by atoms with E-state index in [9.17, 15) is 0 Å². The van der Waals surface area contributed by atoms with Gasteiger partial charge in [0, 0.05) is 22.8 Å². The zero-order valence-corrected chi connectivity index (χ0v) is 12.3. The summed E-state index contributed by atoms with van der Waals surface area (Å²) in [7, 11) is 0. The van der Waals surface area contributed by atoms with E-state index in [4.69, 9.17) is 0 Å². The third-order valence-electron chi connectivity index (χ3n) is 2.94. The maximum Gasteiger partial charge on any atom is 0.0618 e. The van der Waals surface area contributed by atoms with Gasteiger partial charge in [-0.25, -0.2) is 0 Å². The second-order valence-corrected chi connectivity index (χ2v) is 5.00. The normalized spacial score (nSPS) is 12.6. The average molecular weight is 308 g/mol. The van der Waals surface area contributed by atoms with Gasteiger partial charge in [-0.3, -0.25) is 4.68 Å². The van der Waals surface area contributed by atoms with Crippen molar-refractivity contribution in [3.63, 3.8) is 0 Å². The molecule has 0 saturated heterocycles. The average Bonchev–Trinajstić information content (AvgIpc) is 2.85. The lowest BCUT2D eigenvalue weighted by Gasteiger charge is -2.18. The molecule has 0 aliphatic rings. The van der Waals surface area contributed by atoms with Crippen LogP contribution >= 0.6 is 15.9 Å². The highest BCUT2D eigenvalue weighted by Gasteiger charge is 2.16. The number of rotatable bonds is 5. The first-order valence-electron chi connectivity index (χ1n) is 6.26. The van der Waals surface area contributed by atoms with Gasteiger partial charge in [-0.05, 0) is 25.1 Å². The molecule has 0 amide bonds. The molecule has 2 rings (SSSR count). The highest BCUT2D eigenvalue weighted by Crippen LogP contribution is 2.28. The van der Waals surface area contributed by atoms with Gasteiger partial charge in [-0.15, -0.1) is 0 Å². The molecule has 18 heavy (non-hydrogen) atoms. The van der Waals surface area contributed by atoms with Crippen LogP contribution in [-0.2, 0) is 6.54 Å². The van der Waals surface area contributed by atoms with Gasteiger partial charge in [0.15, 0.2) is 0 Å². The van der Waals surface area contributed by atoms with Crippen molar-refractivity contribution in [1.82, 2.24) is 15.1 Å². The SMILES string of the molecule is CCNC(c1cnn(CC)c1)c1ccccc1Br. The van der Waals surface area contributed by atoms with Gasteiger partial charge in [-0.1, -0.05) is 41.1 Å². The maximum absolute atomic E-state index is 4.35. The van der Waals surface area contributed by atoms with Crippen LogP contribution in [0, 0.1) is 0 Å². The number of benzene rings is 1. The van der Waals surface area contributed by atoms with Crippen LogP contribution in [0.4, 0.5) is 0 Å². The molecule has 1 aromatic heterocycles. The van der Waals surface area contributed by atoms with E-state index in [0.717, 1.165) is 17.6 Å². The highest BCUT2D eigenvalue weighted by molar-refractivity contribution is 9.10. The van der Waals surface area contributed by atoms with Crippen LogP contribution < -0.4 is 5.32 Å². The summed E-state index contributed by atoms with van der Waals surface area (Å²) >= 11 is 3.62. The van der Waals surface area contributed by atoms with Crippen molar-refractivity contribution in [3.05, 3.63) is 52.3 Å². The maximum atomic E-state index is 4.35. The molecule has 0 bridgehead atoms. The first-order chi connectivity index (χ1) is 8.76. The molecule has 1 aromatic carbocycles. The van der Waals surface area contributed by atoms with Crippen LogP contribution in [0.1, 0.15) is 31.0 Å². The van der Waals surface area contributed by atoms with Gasteiger partial charge >= 0.3 is 0 Å². The molecular weight excluding hydrogens is 290 g/mol. The molecule has 0 radical (unpaired) electrons. The molecule has 2 aromatic rings. The van der Waals surface area contributed by atoms with Gasteiger partial charge < -0.3 is 5.32 Å². The monoisotopic (exact) mass is 307 g/mol. The Hall–Kier alpha value is -1.13. The molecule has 1 heterocycles.